The largest absolute Gasteiger partial charge is 0.309 e. The molecule has 9 aromatic carbocycles. The molecule has 0 radical (unpaired) electrons. The zero-order chi connectivity index (χ0) is 41.2. The zero-order valence-corrected chi connectivity index (χ0v) is 33.9. The minimum Gasteiger partial charge on any atom is -0.309 e. The van der Waals surface area contributed by atoms with Crippen LogP contribution in [-0.2, 0) is 5.41 Å². The number of fused-ring (bicyclic) bond motifs is 17. The number of para-hydroxylation sites is 3. The molecule has 0 amide bonds. The van der Waals surface area contributed by atoms with Crippen LogP contribution >= 0.6 is 0 Å². The first kappa shape index (κ1) is 34.3. The van der Waals surface area contributed by atoms with Crippen molar-refractivity contribution in [3.8, 4) is 56.7 Å². The number of hydrogen-bond donors (Lipinski definition) is 0. The van der Waals surface area contributed by atoms with Crippen molar-refractivity contribution < 1.29 is 0 Å². The van der Waals surface area contributed by atoms with Crippen LogP contribution in [-0.4, -0.2) is 24.1 Å². The zero-order valence-electron chi connectivity index (χ0n) is 33.9. The van der Waals surface area contributed by atoms with Gasteiger partial charge in [0.05, 0.1) is 27.5 Å². The normalized spacial score (nSPS) is 13.2. The summed E-state index contributed by atoms with van der Waals surface area (Å²) in [5.41, 5.74) is 17.3. The molecule has 0 saturated heterocycles. The average Bonchev–Trinajstić information content (AvgIpc) is 4.06. The van der Waals surface area contributed by atoms with Gasteiger partial charge in [-0.1, -0.05) is 182 Å². The first-order valence-corrected chi connectivity index (χ1v) is 21.5. The van der Waals surface area contributed by atoms with E-state index in [1.807, 2.05) is 18.2 Å². The Morgan fingerprint density at radius 1 is 0.333 bits per heavy atom. The third kappa shape index (κ3) is 4.57. The van der Waals surface area contributed by atoms with E-state index in [2.05, 4.69) is 203 Å². The van der Waals surface area contributed by atoms with E-state index in [9.17, 15) is 0 Å². The topological polar surface area (TPSA) is 48.5 Å². The van der Waals surface area contributed by atoms with Gasteiger partial charge in [0.1, 0.15) is 0 Å². The highest BCUT2D eigenvalue weighted by Crippen LogP contribution is 2.64. The summed E-state index contributed by atoms with van der Waals surface area (Å²) in [5, 5.41) is 4.75. The SMILES string of the molecule is c1ccc(-c2nc(-c3cccc(-n4c5ccccc5c5ccc6c(c54)-c4ccccc4C64c5ccccc5-c5ccccc54)c3)nc(-n3c4ccccc4c4ccccc43)n2)cc1. The minimum absolute atomic E-state index is 0.446. The second-order valence-corrected chi connectivity index (χ2v) is 16.7. The number of nitrogens with zero attached hydrogens (tertiary/aromatic N) is 5. The lowest BCUT2D eigenvalue weighted by atomic mass is 9.70. The molecule has 292 valence electrons. The highest BCUT2D eigenvalue weighted by molar-refractivity contribution is 6.17. The van der Waals surface area contributed by atoms with E-state index in [1.165, 1.54) is 60.8 Å². The van der Waals surface area contributed by atoms with E-state index in [0.29, 0.717) is 17.6 Å². The Bertz CT molecular complexity index is 3770. The van der Waals surface area contributed by atoms with Crippen LogP contribution in [0.15, 0.2) is 212 Å². The highest BCUT2D eigenvalue weighted by atomic mass is 15.2. The summed E-state index contributed by atoms with van der Waals surface area (Å²) in [6.45, 7) is 0. The molecule has 1 spiro atoms. The molecule has 0 aliphatic heterocycles. The third-order valence-corrected chi connectivity index (χ3v) is 13.6. The van der Waals surface area contributed by atoms with Gasteiger partial charge in [-0.3, -0.25) is 4.57 Å². The van der Waals surface area contributed by atoms with Crippen molar-refractivity contribution in [1.29, 1.82) is 0 Å². The molecule has 0 fully saturated rings. The summed E-state index contributed by atoms with van der Waals surface area (Å²) in [6, 6.07) is 76.6. The molecular formula is C58H35N5. The molecular weight excluding hydrogens is 767 g/mol. The van der Waals surface area contributed by atoms with Crippen LogP contribution in [0.3, 0.4) is 0 Å². The van der Waals surface area contributed by atoms with Gasteiger partial charge < -0.3 is 4.57 Å². The van der Waals surface area contributed by atoms with Crippen LogP contribution in [0.25, 0.3) is 100 Å². The predicted molar refractivity (Wildman–Crippen MR) is 256 cm³/mol. The van der Waals surface area contributed by atoms with E-state index in [0.717, 1.165) is 44.1 Å². The van der Waals surface area contributed by atoms with Gasteiger partial charge in [-0.15, -0.1) is 0 Å². The Balaban J connectivity index is 1.04. The molecule has 0 saturated carbocycles. The molecule has 63 heavy (non-hydrogen) atoms. The van der Waals surface area contributed by atoms with Gasteiger partial charge in [0.2, 0.25) is 5.95 Å². The summed E-state index contributed by atoms with van der Waals surface area (Å²) < 4.78 is 4.65. The minimum atomic E-state index is -0.446. The molecule has 0 N–H and O–H groups in total. The second-order valence-electron chi connectivity index (χ2n) is 16.7. The van der Waals surface area contributed by atoms with Crippen LogP contribution in [0.5, 0.6) is 0 Å². The Labute approximate surface area is 362 Å². The van der Waals surface area contributed by atoms with Crippen molar-refractivity contribution in [2.24, 2.45) is 0 Å². The van der Waals surface area contributed by atoms with E-state index >= 15 is 0 Å². The molecule has 0 atom stereocenters. The van der Waals surface area contributed by atoms with E-state index in [-0.39, 0.29) is 0 Å². The van der Waals surface area contributed by atoms with Crippen LogP contribution < -0.4 is 0 Å². The first-order valence-electron chi connectivity index (χ1n) is 21.5. The van der Waals surface area contributed by atoms with Crippen molar-refractivity contribution in [3.05, 3.63) is 235 Å². The summed E-state index contributed by atoms with van der Waals surface area (Å²) in [7, 11) is 0. The molecule has 3 heterocycles. The van der Waals surface area contributed by atoms with E-state index < -0.39 is 5.41 Å². The van der Waals surface area contributed by atoms with Crippen LogP contribution in [0.2, 0.25) is 0 Å². The lowest BCUT2D eigenvalue weighted by molar-refractivity contribution is 0.794. The van der Waals surface area contributed by atoms with Gasteiger partial charge in [-0.05, 0) is 69.3 Å². The fourth-order valence-electron chi connectivity index (χ4n) is 11.1. The smallest absolute Gasteiger partial charge is 0.238 e. The summed E-state index contributed by atoms with van der Waals surface area (Å²) >= 11 is 0. The molecule has 12 aromatic rings. The van der Waals surface area contributed by atoms with Crippen LogP contribution in [0.4, 0.5) is 0 Å². The van der Waals surface area contributed by atoms with Gasteiger partial charge in [0.15, 0.2) is 11.6 Å². The Morgan fingerprint density at radius 3 is 1.48 bits per heavy atom. The fraction of sp³-hybridized carbons (Fsp3) is 0.0172. The van der Waals surface area contributed by atoms with Crippen molar-refractivity contribution in [1.82, 2.24) is 24.1 Å². The second kappa shape index (κ2) is 12.8. The fourth-order valence-corrected chi connectivity index (χ4v) is 11.1. The molecule has 0 unspecified atom stereocenters. The standard InChI is InChI=1S/C58H35N5/c1-2-17-36(18-3-1)55-59-56(61-57(60-55)63-51-31-14-7-23-41(51)42-24-8-15-32-52(42)63)37-19-16-20-38(35-37)62-50-30-13-9-25-43(50)44-33-34-49-53(54(44)62)45-26-6-12-29-48(45)58(49)46-27-10-4-21-39(46)40-22-5-11-28-47(40)58/h1-35H. The third-order valence-electron chi connectivity index (χ3n) is 13.6. The summed E-state index contributed by atoms with van der Waals surface area (Å²) in [4.78, 5) is 15.7. The van der Waals surface area contributed by atoms with Crippen LogP contribution in [0, 0.1) is 0 Å². The molecule has 2 aliphatic rings. The van der Waals surface area contributed by atoms with E-state index in [1.54, 1.807) is 0 Å². The lowest BCUT2D eigenvalue weighted by Crippen LogP contribution is -2.25. The van der Waals surface area contributed by atoms with Gasteiger partial charge in [0, 0.05) is 43.9 Å². The Morgan fingerprint density at radius 2 is 0.825 bits per heavy atom. The van der Waals surface area contributed by atoms with Crippen molar-refractivity contribution in [2.45, 2.75) is 5.41 Å². The maximum absolute atomic E-state index is 5.33. The predicted octanol–water partition coefficient (Wildman–Crippen LogP) is 13.7. The number of hydrogen-bond acceptors (Lipinski definition) is 3. The molecule has 2 aliphatic carbocycles. The maximum Gasteiger partial charge on any atom is 0.238 e. The number of rotatable bonds is 4. The quantitative estimate of drug-likeness (QED) is 0.178. The monoisotopic (exact) mass is 801 g/mol. The van der Waals surface area contributed by atoms with Gasteiger partial charge >= 0.3 is 0 Å². The first-order chi connectivity index (χ1) is 31.3. The molecule has 5 nitrogen and oxygen atoms in total. The van der Waals surface area contributed by atoms with Crippen molar-refractivity contribution in [3.63, 3.8) is 0 Å². The summed E-state index contributed by atoms with van der Waals surface area (Å²) in [6.07, 6.45) is 0. The van der Waals surface area contributed by atoms with Gasteiger partial charge in [0.25, 0.3) is 0 Å². The Hall–Kier alpha value is -8.41. The summed E-state index contributed by atoms with van der Waals surface area (Å²) in [5.74, 6) is 1.81. The highest BCUT2D eigenvalue weighted by Gasteiger charge is 2.52. The number of benzene rings is 9. The van der Waals surface area contributed by atoms with Gasteiger partial charge in [-0.25, -0.2) is 4.98 Å². The average molecular weight is 802 g/mol. The Kier molecular flexibility index (Phi) is 6.97. The number of aromatic nitrogens is 5. The lowest BCUT2D eigenvalue weighted by Gasteiger charge is -2.30. The maximum atomic E-state index is 5.33. The molecule has 3 aromatic heterocycles. The van der Waals surface area contributed by atoms with Gasteiger partial charge in [-0.2, -0.15) is 9.97 Å². The van der Waals surface area contributed by atoms with E-state index in [4.69, 9.17) is 15.0 Å². The molecule has 14 rings (SSSR count). The van der Waals surface area contributed by atoms with Crippen LogP contribution in [0.1, 0.15) is 22.3 Å². The molecule has 5 heteroatoms. The molecule has 0 bridgehead atoms. The van der Waals surface area contributed by atoms with Crippen molar-refractivity contribution >= 4 is 43.6 Å². The van der Waals surface area contributed by atoms with Crippen molar-refractivity contribution in [2.75, 3.05) is 0 Å².